The first-order chi connectivity index (χ1) is 12.5. The zero-order chi connectivity index (χ0) is 18.3. The van der Waals surface area contributed by atoms with Crippen molar-refractivity contribution in [1.29, 1.82) is 0 Å². The molecular formula is C22H27BrN2O. The Labute approximate surface area is 165 Å². The summed E-state index contributed by atoms with van der Waals surface area (Å²) in [5.41, 5.74) is 6.01. The van der Waals surface area contributed by atoms with E-state index in [0.29, 0.717) is 0 Å². The first-order valence-electron chi connectivity index (χ1n) is 9.38. The Bertz CT molecular complexity index is 795. The lowest BCUT2D eigenvalue weighted by Crippen LogP contribution is -2.48. The molecule has 2 aromatic rings. The van der Waals surface area contributed by atoms with E-state index in [-0.39, 0.29) is 5.54 Å². The third-order valence-corrected chi connectivity index (χ3v) is 6.70. The van der Waals surface area contributed by atoms with E-state index >= 15 is 0 Å². The van der Waals surface area contributed by atoms with Crippen LogP contribution in [-0.4, -0.2) is 37.0 Å². The minimum Gasteiger partial charge on any atom is -0.497 e. The Hall–Kier alpha value is -1.36. The van der Waals surface area contributed by atoms with Gasteiger partial charge in [0.15, 0.2) is 0 Å². The average Bonchev–Trinajstić information content (AvgIpc) is 2.92. The van der Waals surface area contributed by atoms with Gasteiger partial charge in [0.2, 0.25) is 0 Å². The van der Waals surface area contributed by atoms with Crippen LogP contribution in [0, 0.1) is 6.92 Å². The number of ether oxygens (including phenoxy) is 1. The topological polar surface area (TPSA) is 15.7 Å². The van der Waals surface area contributed by atoms with E-state index in [2.05, 4.69) is 76.1 Å². The van der Waals surface area contributed by atoms with Crippen LogP contribution in [0.5, 0.6) is 5.75 Å². The van der Waals surface area contributed by atoms with Gasteiger partial charge in [-0.2, -0.15) is 0 Å². The summed E-state index contributed by atoms with van der Waals surface area (Å²) in [6, 6.07) is 13.2. The first kappa shape index (κ1) is 18.0. The quantitative estimate of drug-likeness (QED) is 0.723. The van der Waals surface area contributed by atoms with E-state index in [4.69, 9.17) is 4.74 Å². The highest BCUT2D eigenvalue weighted by atomic mass is 79.9. The predicted molar refractivity (Wildman–Crippen MR) is 110 cm³/mol. The van der Waals surface area contributed by atoms with Gasteiger partial charge < -0.3 is 9.64 Å². The number of halogens is 1. The molecule has 0 aromatic heterocycles. The molecular weight excluding hydrogens is 388 g/mol. The number of hydrogen-bond donors (Lipinski definition) is 0. The highest BCUT2D eigenvalue weighted by Crippen LogP contribution is 2.48. The Morgan fingerprint density at radius 1 is 1.12 bits per heavy atom. The predicted octanol–water partition coefficient (Wildman–Crippen LogP) is 4.70. The zero-order valence-electron chi connectivity index (χ0n) is 15.9. The Kier molecular flexibility index (Phi) is 4.84. The van der Waals surface area contributed by atoms with Crippen LogP contribution in [0.4, 0.5) is 0 Å². The number of likely N-dealkylation sites (tertiary alicyclic amines) is 1. The van der Waals surface area contributed by atoms with E-state index in [9.17, 15) is 0 Å². The molecule has 0 bridgehead atoms. The highest BCUT2D eigenvalue weighted by molar-refractivity contribution is 9.10. The number of hydrogen-bond acceptors (Lipinski definition) is 3. The number of methoxy groups -OCH3 is 1. The number of aryl methyl sites for hydroxylation is 1. The van der Waals surface area contributed by atoms with Gasteiger partial charge >= 0.3 is 0 Å². The molecule has 4 rings (SSSR count). The van der Waals surface area contributed by atoms with Crippen molar-refractivity contribution in [2.45, 2.75) is 38.4 Å². The molecule has 0 unspecified atom stereocenters. The smallest absolute Gasteiger partial charge is 0.118 e. The maximum atomic E-state index is 5.32. The second-order valence-corrected chi connectivity index (χ2v) is 8.70. The number of nitrogens with zero attached hydrogens (tertiary/aromatic N) is 2. The lowest BCUT2D eigenvalue weighted by Gasteiger charge is -2.45. The number of piperidine rings is 1. The molecule has 2 heterocycles. The molecule has 26 heavy (non-hydrogen) atoms. The van der Waals surface area contributed by atoms with Crippen LogP contribution in [-0.2, 0) is 18.6 Å². The van der Waals surface area contributed by atoms with Crippen LogP contribution in [0.25, 0.3) is 0 Å². The van der Waals surface area contributed by atoms with Crippen LogP contribution in [0.15, 0.2) is 40.9 Å². The van der Waals surface area contributed by atoms with Gasteiger partial charge in [-0.3, -0.25) is 4.90 Å². The number of rotatable bonds is 3. The summed E-state index contributed by atoms with van der Waals surface area (Å²) in [5.74, 6) is 0.923. The van der Waals surface area contributed by atoms with Crippen LogP contribution in [0.1, 0.15) is 35.1 Å². The molecule has 0 N–H and O–H groups in total. The fourth-order valence-corrected chi connectivity index (χ4v) is 5.22. The molecule has 2 aliphatic rings. The molecule has 4 heteroatoms. The van der Waals surface area contributed by atoms with Crippen molar-refractivity contribution in [3.8, 4) is 5.75 Å². The molecule has 1 fully saturated rings. The summed E-state index contributed by atoms with van der Waals surface area (Å²) in [6.07, 6.45) is 2.39. The summed E-state index contributed by atoms with van der Waals surface area (Å²) in [5, 5.41) is 0. The van der Waals surface area contributed by atoms with Gasteiger partial charge in [0, 0.05) is 23.1 Å². The van der Waals surface area contributed by atoms with E-state index in [1.807, 2.05) is 0 Å². The van der Waals surface area contributed by atoms with Crippen molar-refractivity contribution in [2.24, 2.45) is 0 Å². The molecule has 2 aromatic carbocycles. The molecule has 1 spiro atoms. The summed E-state index contributed by atoms with van der Waals surface area (Å²) < 4.78 is 6.52. The van der Waals surface area contributed by atoms with Crippen molar-refractivity contribution in [3.63, 3.8) is 0 Å². The van der Waals surface area contributed by atoms with Gasteiger partial charge in [-0.15, -0.1) is 0 Å². The van der Waals surface area contributed by atoms with Crippen molar-refractivity contribution < 1.29 is 4.74 Å². The summed E-state index contributed by atoms with van der Waals surface area (Å²) >= 11 is 3.74. The number of benzene rings is 2. The van der Waals surface area contributed by atoms with Gasteiger partial charge in [-0.25, -0.2) is 0 Å². The van der Waals surface area contributed by atoms with Gasteiger partial charge in [-0.1, -0.05) is 28.1 Å². The Morgan fingerprint density at radius 2 is 1.81 bits per heavy atom. The monoisotopic (exact) mass is 414 g/mol. The average molecular weight is 415 g/mol. The zero-order valence-corrected chi connectivity index (χ0v) is 17.5. The lowest BCUT2D eigenvalue weighted by molar-refractivity contribution is 0.0298. The maximum Gasteiger partial charge on any atom is 0.118 e. The molecule has 0 amide bonds. The molecule has 0 atom stereocenters. The van der Waals surface area contributed by atoms with E-state index in [0.717, 1.165) is 31.9 Å². The summed E-state index contributed by atoms with van der Waals surface area (Å²) in [7, 11) is 3.96. The van der Waals surface area contributed by atoms with Gasteiger partial charge in [0.25, 0.3) is 0 Å². The highest BCUT2D eigenvalue weighted by Gasteiger charge is 2.46. The van der Waals surface area contributed by atoms with E-state index < -0.39 is 0 Å². The lowest BCUT2D eigenvalue weighted by atomic mass is 9.80. The van der Waals surface area contributed by atoms with Crippen LogP contribution < -0.4 is 4.74 Å². The second-order valence-electron chi connectivity index (χ2n) is 7.79. The minimum atomic E-state index is 0.163. The third kappa shape index (κ3) is 3.08. The van der Waals surface area contributed by atoms with Crippen molar-refractivity contribution in [3.05, 3.63) is 63.1 Å². The van der Waals surface area contributed by atoms with Gasteiger partial charge in [-0.05, 0) is 86.4 Å². The van der Waals surface area contributed by atoms with E-state index in [1.165, 1.54) is 34.0 Å². The Balaban J connectivity index is 1.70. The summed E-state index contributed by atoms with van der Waals surface area (Å²) in [4.78, 5) is 5.17. The molecule has 2 aliphatic heterocycles. The van der Waals surface area contributed by atoms with Crippen molar-refractivity contribution >= 4 is 15.9 Å². The molecule has 0 saturated carbocycles. The molecule has 0 radical (unpaired) electrons. The molecule has 138 valence electrons. The SMILES string of the molecule is COc1ccc(CN2Cc3c(C)cc(Br)cc3C23CCN(C)CC3)cc1. The minimum absolute atomic E-state index is 0.163. The normalized spacial score (nSPS) is 19.7. The standard InChI is InChI=1S/C22H27BrN2O/c1-16-12-18(23)13-21-20(16)15-25(22(21)8-10-24(2)11-9-22)14-17-4-6-19(26-3)7-5-17/h4-7,12-13H,8-11,14-15H2,1-3H3. The van der Waals surface area contributed by atoms with Crippen LogP contribution >= 0.6 is 15.9 Å². The van der Waals surface area contributed by atoms with Crippen molar-refractivity contribution in [2.75, 3.05) is 27.2 Å². The van der Waals surface area contributed by atoms with Crippen LogP contribution in [0.3, 0.4) is 0 Å². The van der Waals surface area contributed by atoms with Crippen molar-refractivity contribution in [1.82, 2.24) is 9.80 Å². The van der Waals surface area contributed by atoms with Gasteiger partial charge in [0.1, 0.15) is 5.75 Å². The fraction of sp³-hybridized carbons (Fsp3) is 0.455. The van der Waals surface area contributed by atoms with Crippen LogP contribution in [0.2, 0.25) is 0 Å². The molecule has 1 saturated heterocycles. The second kappa shape index (κ2) is 6.99. The Morgan fingerprint density at radius 3 is 2.46 bits per heavy atom. The summed E-state index contributed by atoms with van der Waals surface area (Å²) in [6.45, 7) is 6.60. The van der Waals surface area contributed by atoms with Gasteiger partial charge in [0.05, 0.1) is 7.11 Å². The number of fused-ring (bicyclic) bond motifs is 2. The van der Waals surface area contributed by atoms with E-state index in [1.54, 1.807) is 12.7 Å². The largest absolute Gasteiger partial charge is 0.497 e. The first-order valence-corrected chi connectivity index (χ1v) is 10.2. The fourth-order valence-electron chi connectivity index (χ4n) is 4.64. The molecule has 0 aliphatic carbocycles. The third-order valence-electron chi connectivity index (χ3n) is 6.24. The molecule has 3 nitrogen and oxygen atoms in total. The maximum absolute atomic E-state index is 5.32.